The van der Waals surface area contributed by atoms with Gasteiger partial charge in [0.2, 0.25) is 11.9 Å². The van der Waals surface area contributed by atoms with E-state index in [1.807, 2.05) is 18.4 Å². The molecular weight excluding hydrogens is 288 g/mol. The number of hydrogen-bond acceptors (Lipinski definition) is 5. The van der Waals surface area contributed by atoms with Gasteiger partial charge in [-0.25, -0.2) is 4.99 Å². The zero-order valence-electron chi connectivity index (χ0n) is 12.7. The molecule has 6 heteroatoms. The number of rotatable bonds is 2. The molecule has 0 fully saturated rings. The van der Waals surface area contributed by atoms with E-state index in [4.69, 9.17) is 5.73 Å². The molecular formula is C17H18N6. The summed E-state index contributed by atoms with van der Waals surface area (Å²) in [6, 6.07) is 0. The molecule has 0 spiro atoms. The van der Waals surface area contributed by atoms with Crippen LogP contribution < -0.4 is 11.1 Å². The summed E-state index contributed by atoms with van der Waals surface area (Å²) in [5.41, 5.74) is 8.24. The molecule has 1 aliphatic heterocycles. The molecule has 0 bridgehead atoms. The molecule has 3 N–H and O–H groups in total. The molecule has 0 saturated heterocycles. The van der Waals surface area contributed by atoms with E-state index in [9.17, 15) is 0 Å². The largest absolute Gasteiger partial charge is 0.368 e. The van der Waals surface area contributed by atoms with Gasteiger partial charge in [0.1, 0.15) is 5.84 Å². The second-order valence-electron chi connectivity index (χ2n) is 5.70. The highest BCUT2D eigenvalue weighted by Crippen LogP contribution is 2.27. The normalized spacial score (nSPS) is 22.3. The molecule has 3 aliphatic rings. The summed E-state index contributed by atoms with van der Waals surface area (Å²) >= 11 is 0. The fourth-order valence-electron chi connectivity index (χ4n) is 2.87. The Morgan fingerprint density at radius 1 is 1.22 bits per heavy atom. The number of nitrogens with one attached hydrogen (secondary N) is 1. The van der Waals surface area contributed by atoms with E-state index in [0.717, 1.165) is 30.8 Å². The van der Waals surface area contributed by atoms with Gasteiger partial charge in [-0.2, -0.15) is 9.67 Å². The van der Waals surface area contributed by atoms with Crippen molar-refractivity contribution in [2.75, 3.05) is 11.1 Å². The smallest absolute Gasteiger partial charge is 0.248 e. The van der Waals surface area contributed by atoms with Crippen LogP contribution in [0.2, 0.25) is 0 Å². The lowest BCUT2D eigenvalue weighted by molar-refractivity contribution is 0.757. The fraction of sp³-hybridized carbons (Fsp3) is 0.235. The van der Waals surface area contributed by atoms with Gasteiger partial charge in [0.05, 0.1) is 0 Å². The molecule has 4 rings (SSSR count). The van der Waals surface area contributed by atoms with Crippen LogP contribution in [0.3, 0.4) is 0 Å². The van der Waals surface area contributed by atoms with Crippen LogP contribution in [-0.4, -0.2) is 20.6 Å². The highest BCUT2D eigenvalue weighted by molar-refractivity contribution is 5.88. The molecule has 1 aromatic rings. The summed E-state index contributed by atoms with van der Waals surface area (Å²) in [7, 11) is 0. The van der Waals surface area contributed by atoms with E-state index in [2.05, 4.69) is 50.8 Å². The predicted molar refractivity (Wildman–Crippen MR) is 91.8 cm³/mol. The average molecular weight is 306 g/mol. The molecule has 1 unspecified atom stereocenters. The zero-order chi connectivity index (χ0) is 15.6. The minimum absolute atomic E-state index is 0.330. The van der Waals surface area contributed by atoms with Crippen molar-refractivity contribution in [1.29, 1.82) is 0 Å². The number of anilines is 2. The number of nitrogen functional groups attached to an aromatic ring is 1. The van der Waals surface area contributed by atoms with Crippen molar-refractivity contribution in [3.8, 4) is 0 Å². The van der Waals surface area contributed by atoms with Crippen molar-refractivity contribution in [3.63, 3.8) is 0 Å². The number of hydrogen-bond donors (Lipinski definition) is 2. The Hall–Kier alpha value is -2.89. The van der Waals surface area contributed by atoms with Crippen molar-refractivity contribution in [1.82, 2.24) is 14.8 Å². The summed E-state index contributed by atoms with van der Waals surface area (Å²) in [6.45, 7) is 0. The van der Waals surface area contributed by atoms with Crippen molar-refractivity contribution >= 4 is 17.7 Å². The predicted octanol–water partition coefficient (Wildman–Crippen LogP) is 2.78. The molecule has 1 aromatic heterocycles. The van der Waals surface area contributed by atoms with Gasteiger partial charge < -0.3 is 11.1 Å². The number of fused-ring (bicyclic) bond motifs is 1. The lowest BCUT2D eigenvalue weighted by Crippen LogP contribution is -2.22. The topological polar surface area (TPSA) is 81.1 Å². The van der Waals surface area contributed by atoms with Gasteiger partial charge in [-0.15, -0.1) is 5.10 Å². The lowest BCUT2D eigenvalue weighted by atomic mass is 9.90. The Labute approximate surface area is 134 Å². The minimum Gasteiger partial charge on any atom is -0.368 e. The van der Waals surface area contributed by atoms with E-state index in [-0.39, 0.29) is 0 Å². The Morgan fingerprint density at radius 3 is 3.04 bits per heavy atom. The summed E-state index contributed by atoms with van der Waals surface area (Å²) in [5.74, 6) is 1.98. The molecule has 0 aromatic carbocycles. The van der Waals surface area contributed by atoms with Crippen LogP contribution in [0.25, 0.3) is 0 Å². The van der Waals surface area contributed by atoms with Gasteiger partial charge in [-0.05, 0) is 24.5 Å². The molecule has 6 nitrogen and oxygen atoms in total. The van der Waals surface area contributed by atoms with Crippen molar-refractivity contribution < 1.29 is 0 Å². The van der Waals surface area contributed by atoms with E-state index in [1.165, 1.54) is 5.57 Å². The monoisotopic (exact) mass is 306 g/mol. The van der Waals surface area contributed by atoms with Crippen LogP contribution in [0.5, 0.6) is 0 Å². The summed E-state index contributed by atoms with van der Waals surface area (Å²) in [4.78, 5) is 8.79. The first-order chi connectivity index (χ1) is 11.3. The van der Waals surface area contributed by atoms with Crippen LogP contribution in [0.1, 0.15) is 19.3 Å². The molecule has 2 aliphatic carbocycles. The molecule has 0 radical (unpaired) electrons. The van der Waals surface area contributed by atoms with Gasteiger partial charge in [0.25, 0.3) is 0 Å². The Bertz CT molecular complexity index is 803. The summed E-state index contributed by atoms with van der Waals surface area (Å²) in [5, 5.41) is 7.65. The maximum absolute atomic E-state index is 6.02. The van der Waals surface area contributed by atoms with Gasteiger partial charge in [0, 0.05) is 24.2 Å². The van der Waals surface area contributed by atoms with Crippen molar-refractivity contribution in [3.05, 3.63) is 60.0 Å². The molecule has 1 atom stereocenters. The van der Waals surface area contributed by atoms with Crippen LogP contribution in [-0.2, 0) is 0 Å². The van der Waals surface area contributed by atoms with Crippen LogP contribution >= 0.6 is 0 Å². The van der Waals surface area contributed by atoms with Crippen LogP contribution in [0.15, 0.2) is 65.0 Å². The molecule has 0 saturated carbocycles. The van der Waals surface area contributed by atoms with E-state index in [0.29, 0.717) is 17.8 Å². The Balaban J connectivity index is 1.58. The molecule has 116 valence electrons. The van der Waals surface area contributed by atoms with E-state index < -0.39 is 0 Å². The zero-order valence-corrected chi connectivity index (χ0v) is 12.7. The average Bonchev–Trinajstić information content (AvgIpc) is 2.95. The Kier molecular flexibility index (Phi) is 3.42. The maximum Gasteiger partial charge on any atom is 0.248 e. The van der Waals surface area contributed by atoms with Gasteiger partial charge in [-0.3, -0.25) is 0 Å². The second-order valence-corrected chi connectivity index (χ2v) is 5.70. The molecule has 0 amide bonds. The summed E-state index contributed by atoms with van der Waals surface area (Å²) in [6.07, 6.45) is 19.4. The second kappa shape index (κ2) is 5.72. The van der Waals surface area contributed by atoms with Crippen molar-refractivity contribution in [2.24, 2.45) is 10.9 Å². The van der Waals surface area contributed by atoms with Gasteiger partial charge in [0.15, 0.2) is 0 Å². The molecule has 23 heavy (non-hydrogen) atoms. The van der Waals surface area contributed by atoms with Crippen LogP contribution in [0, 0.1) is 5.92 Å². The Morgan fingerprint density at radius 2 is 2.17 bits per heavy atom. The SMILES string of the molecule is Nc1nc(NC2=CCCC=C2)nn1C1=NC=C2C=CC=CC2C1. The first kappa shape index (κ1) is 13.8. The first-order valence-corrected chi connectivity index (χ1v) is 7.78. The highest BCUT2D eigenvalue weighted by atomic mass is 15.4. The standard InChI is InChI=1S/C17H18N6/c18-16-21-17(20-14-8-2-1-3-9-14)22-23(16)15-10-12-6-4-5-7-13(12)11-19-15/h2,4-9,11-12H,1,3,10H2,(H3,18,20,21,22). The maximum atomic E-state index is 6.02. The fourth-order valence-corrected chi connectivity index (χ4v) is 2.87. The van der Waals surface area contributed by atoms with E-state index >= 15 is 0 Å². The lowest BCUT2D eigenvalue weighted by Gasteiger charge is -2.21. The quantitative estimate of drug-likeness (QED) is 0.880. The number of aromatic nitrogens is 3. The number of nitrogens with zero attached hydrogens (tertiary/aromatic N) is 4. The molecule has 2 heterocycles. The summed E-state index contributed by atoms with van der Waals surface area (Å²) < 4.78 is 1.62. The minimum atomic E-state index is 0.330. The van der Waals surface area contributed by atoms with E-state index in [1.54, 1.807) is 4.68 Å². The van der Waals surface area contributed by atoms with Crippen molar-refractivity contribution in [2.45, 2.75) is 19.3 Å². The van der Waals surface area contributed by atoms with Gasteiger partial charge >= 0.3 is 0 Å². The number of nitrogens with two attached hydrogens (primary N) is 1. The number of aliphatic imine (C=N–C) groups is 1. The third-order valence-corrected chi connectivity index (χ3v) is 4.06. The number of allylic oxidation sites excluding steroid dienone is 8. The first-order valence-electron chi connectivity index (χ1n) is 7.78. The van der Waals surface area contributed by atoms with Crippen LogP contribution in [0.4, 0.5) is 11.9 Å². The third-order valence-electron chi connectivity index (χ3n) is 4.06. The highest BCUT2D eigenvalue weighted by Gasteiger charge is 2.22. The van der Waals surface area contributed by atoms with Gasteiger partial charge in [-0.1, -0.05) is 36.5 Å². The third kappa shape index (κ3) is 2.75.